The minimum absolute atomic E-state index is 0.177. The highest BCUT2D eigenvalue weighted by Gasteiger charge is 2.19. The van der Waals surface area contributed by atoms with Crippen molar-refractivity contribution in [1.82, 2.24) is 35.7 Å². The summed E-state index contributed by atoms with van der Waals surface area (Å²) in [6.45, 7) is -0.617. The first-order valence-corrected chi connectivity index (χ1v) is 13.7. The Hall–Kier alpha value is -4.97. The van der Waals surface area contributed by atoms with Gasteiger partial charge in [-0.25, -0.2) is 0 Å². The first-order valence-electron chi connectivity index (χ1n) is 13.0. The van der Waals surface area contributed by atoms with E-state index in [2.05, 4.69) is 36.4 Å². The number of hydrogen-bond donors (Lipinski definition) is 3. The standard InChI is InChI=1S/C30H24Cl2N8O3/c31-22-9-12-27(40-18-33-38-39-40)21(15-22)8-13-28(42)35-25(14-19-4-2-1-3-5-19)26-16-24(30(32)37-36-26)20-6-10-23(11-7-20)34-29(43)17-41/h1-13,15-16,18,25,41H,14,17H2,(H,34,43)(H,35,42)/b13-8+. The number of rotatable bonds is 10. The lowest BCUT2D eigenvalue weighted by Crippen LogP contribution is -2.29. The van der Waals surface area contributed by atoms with Gasteiger partial charge < -0.3 is 15.7 Å². The van der Waals surface area contributed by atoms with Crippen LogP contribution in [0.1, 0.15) is 22.9 Å². The van der Waals surface area contributed by atoms with E-state index in [4.69, 9.17) is 28.3 Å². The van der Waals surface area contributed by atoms with E-state index in [0.717, 1.165) is 11.1 Å². The number of amides is 2. The number of aliphatic hydroxyl groups excluding tert-OH is 1. The van der Waals surface area contributed by atoms with Crippen molar-refractivity contribution in [2.24, 2.45) is 0 Å². The Morgan fingerprint density at radius 3 is 2.49 bits per heavy atom. The van der Waals surface area contributed by atoms with Crippen molar-refractivity contribution in [2.45, 2.75) is 12.5 Å². The summed E-state index contributed by atoms with van der Waals surface area (Å²) in [5.74, 6) is -0.889. The van der Waals surface area contributed by atoms with Crippen LogP contribution in [0.25, 0.3) is 22.9 Å². The molecule has 13 heteroatoms. The zero-order chi connectivity index (χ0) is 30.2. The molecule has 0 fully saturated rings. The second-order valence-electron chi connectivity index (χ2n) is 9.30. The minimum Gasteiger partial charge on any atom is -0.387 e. The topological polar surface area (TPSA) is 148 Å². The SMILES string of the molecule is O=C(/C=C/c1cc(Cl)ccc1-n1cnnn1)NC(Cc1ccccc1)c1cc(-c2ccc(NC(=O)CO)cc2)c(Cl)nn1. The van der Waals surface area contributed by atoms with Crippen molar-refractivity contribution >= 4 is 46.8 Å². The summed E-state index contributed by atoms with van der Waals surface area (Å²) in [6.07, 6.45) is 4.93. The Bertz CT molecular complexity index is 1750. The van der Waals surface area contributed by atoms with Gasteiger partial charge in [0.1, 0.15) is 12.9 Å². The number of carbonyl (C=O) groups is 2. The smallest absolute Gasteiger partial charge is 0.250 e. The van der Waals surface area contributed by atoms with Crippen molar-refractivity contribution in [3.8, 4) is 16.8 Å². The highest BCUT2D eigenvalue weighted by atomic mass is 35.5. The number of hydrogen-bond acceptors (Lipinski definition) is 8. The molecule has 0 bridgehead atoms. The molecule has 0 saturated carbocycles. The summed E-state index contributed by atoms with van der Waals surface area (Å²) < 4.78 is 1.48. The lowest BCUT2D eigenvalue weighted by Gasteiger charge is -2.18. The molecule has 0 spiro atoms. The van der Waals surface area contributed by atoms with Crippen LogP contribution in [0.4, 0.5) is 5.69 Å². The van der Waals surface area contributed by atoms with E-state index in [1.165, 1.54) is 17.1 Å². The van der Waals surface area contributed by atoms with Crippen LogP contribution in [0, 0.1) is 0 Å². The van der Waals surface area contributed by atoms with E-state index in [1.54, 1.807) is 54.6 Å². The van der Waals surface area contributed by atoms with Gasteiger partial charge in [-0.15, -0.1) is 10.2 Å². The van der Waals surface area contributed by atoms with Gasteiger partial charge in [0.25, 0.3) is 0 Å². The molecular formula is C30H24Cl2N8O3. The third-order valence-electron chi connectivity index (χ3n) is 6.35. The van der Waals surface area contributed by atoms with Crippen LogP contribution in [0.5, 0.6) is 0 Å². The van der Waals surface area contributed by atoms with Crippen LogP contribution in [-0.4, -0.2) is 53.9 Å². The molecule has 0 aliphatic heterocycles. The number of anilines is 1. The molecule has 0 aliphatic rings. The van der Waals surface area contributed by atoms with Gasteiger partial charge >= 0.3 is 0 Å². The monoisotopic (exact) mass is 614 g/mol. The van der Waals surface area contributed by atoms with E-state index >= 15 is 0 Å². The van der Waals surface area contributed by atoms with E-state index in [-0.39, 0.29) is 11.1 Å². The Labute approximate surface area is 256 Å². The number of benzene rings is 3. The Morgan fingerprint density at radius 2 is 1.77 bits per heavy atom. The predicted molar refractivity (Wildman–Crippen MR) is 162 cm³/mol. The molecule has 2 amide bonds. The normalized spacial score (nSPS) is 11.8. The molecule has 3 N–H and O–H groups in total. The first-order chi connectivity index (χ1) is 20.9. The maximum atomic E-state index is 13.2. The maximum Gasteiger partial charge on any atom is 0.250 e. The molecule has 1 atom stereocenters. The molecule has 43 heavy (non-hydrogen) atoms. The van der Waals surface area contributed by atoms with Crippen LogP contribution in [-0.2, 0) is 16.0 Å². The Kier molecular flexibility index (Phi) is 9.47. The van der Waals surface area contributed by atoms with Crippen LogP contribution in [0.3, 0.4) is 0 Å². The van der Waals surface area contributed by atoms with Crippen molar-refractivity contribution in [2.75, 3.05) is 11.9 Å². The number of nitrogens with one attached hydrogen (secondary N) is 2. The Morgan fingerprint density at radius 1 is 0.977 bits per heavy atom. The number of halogens is 2. The summed E-state index contributed by atoms with van der Waals surface area (Å²) >= 11 is 12.6. The summed E-state index contributed by atoms with van der Waals surface area (Å²) in [4.78, 5) is 24.7. The minimum atomic E-state index is -0.617. The van der Waals surface area contributed by atoms with Crippen molar-refractivity contribution in [1.29, 1.82) is 0 Å². The fraction of sp³-hybridized carbons (Fsp3) is 0.100. The van der Waals surface area contributed by atoms with Gasteiger partial charge in [0.05, 0.1) is 17.4 Å². The van der Waals surface area contributed by atoms with E-state index in [9.17, 15) is 9.59 Å². The lowest BCUT2D eigenvalue weighted by atomic mass is 10.00. The lowest BCUT2D eigenvalue weighted by molar-refractivity contribution is -0.119. The summed E-state index contributed by atoms with van der Waals surface area (Å²) in [7, 11) is 0. The van der Waals surface area contributed by atoms with Crippen LogP contribution in [0.2, 0.25) is 10.2 Å². The average molecular weight is 615 g/mol. The quantitative estimate of drug-likeness (QED) is 0.195. The van der Waals surface area contributed by atoms with Crippen LogP contribution < -0.4 is 10.6 Å². The molecule has 2 aromatic heterocycles. The molecule has 216 valence electrons. The summed E-state index contributed by atoms with van der Waals surface area (Å²) in [5.41, 5.74) is 4.61. The molecule has 5 aromatic rings. The first kappa shape index (κ1) is 29.5. The van der Waals surface area contributed by atoms with Gasteiger partial charge in [-0.3, -0.25) is 9.59 Å². The van der Waals surface area contributed by atoms with Gasteiger partial charge in [-0.1, -0.05) is 65.7 Å². The van der Waals surface area contributed by atoms with Gasteiger partial charge in [0, 0.05) is 27.9 Å². The van der Waals surface area contributed by atoms with Gasteiger partial charge in [0.2, 0.25) is 11.8 Å². The van der Waals surface area contributed by atoms with E-state index in [0.29, 0.717) is 39.6 Å². The van der Waals surface area contributed by atoms with Crippen molar-refractivity contribution in [3.05, 3.63) is 118 Å². The fourth-order valence-corrected chi connectivity index (χ4v) is 4.68. The van der Waals surface area contributed by atoms with Crippen molar-refractivity contribution < 1.29 is 14.7 Å². The van der Waals surface area contributed by atoms with Gasteiger partial charge in [0.15, 0.2) is 5.15 Å². The largest absolute Gasteiger partial charge is 0.387 e. The predicted octanol–water partition coefficient (Wildman–Crippen LogP) is 4.47. The van der Waals surface area contributed by atoms with Gasteiger partial charge in [-0.05, 0) is 70.4 Å². The van der Waals surface area contributed by atoms with Gasteiger partial charge in [-0.2, -0.15) is 9.78 Å². The highest BCUT2D eigenvalue weighted by Crippen LogP contribution is 2.30. The summed E-state index contributed by atoms with van der Waals surface area (Å²) in [6, 6.07) is 23.0. The van der Waals surface area contributed by atoms with Crippen molar-refractivity contribution in [3.63, 3.8) is 0 Å². The third kappa shape index (κ3) is 7.66. The molecule has 2 heterocycles. The fourth-order valence-electron chi connectivity index (χ4n) is 4.30. The zero-order valence-corrected chi connectivity index (χ0v) is 23.9. The summed E-state index contributed by atoms with van der Waals surface area (Å²) in [5, 5.41) is 35.0. The number of tetrazole rings is 1. The highest BCUT2D eigenvalue weighted by molar-refractivity contribution is 6.32. The van der Waals surface area contributed by atoms with E-state index in [1.807, 2.05) is 30.3 Å². The molecule has 5 rings (SSSR count). The second kappa shape index (κ2) is 13.8. The molecule has 11 nitrogen and oxygen atoms in total. The number of nitrogens with zero attached hydrogens (tertiary/aromatic N) is 6. The number of carbonyl (C=O) groups excluding carboxylic acids is 2. The maximum absolute atomic E-state index is 13.2. The zero-order valence-electron chi connectivity index (χ0n) is 22.4. The van der Waals surface area contributed by atoms with Crippen LogP contribution >= 0.6 is 23.2 Å². The second-order valence-corrected chi connectivity index (χ2v) is 10.1. The average Bonchev–Trinajstić information content (AvgIpc) is 3.56. The molecular weight excluding hydrogens is 591 g/mol. The molecule has 0 saturated heterocycles. The molecule has 1 unspecified atom stereocenters. The van der Waals surface area contributed by atoms with E-state index < -0.39 is 18.6 Å². The number of aromatic nitrogens is 6. The van der Waals surface area contributed by atoms with Crippen LogP contribution in [0.15, 0.2) is 91.3 Å². The molecule has 0 aliphatic carbocycles. The molecule has 0 radical (unpaired) electrons. The Balaban J connectivity index is 1.42. The number of aliphatic hydroxyl groups is 1. The molecule has 3 aromatic carbocycles. The third-order valence-corrected chi connectivity index (χ3v) is 6.86.